The molecule has 12 heavy (non-hydrogen) atoms. The zero-order chi connectivity index (χ0) is 9.19. The molecule has 0 spiro atoms. The Morgan fingerprint density at radius 3 is 2.75 bits per heavy atom. The minimum absolute atomic E-state index is 0.293. The molecule has 0 bridgehead atoms. The predicted molar refractivity (Wildman–Crippen MR) is 48.2 cm³/mol. The van der Waals surface area contributed by atoms with Gasteiger partial charge in [0, 0.05) is 19.0 Å². The van der Waals surface area contributed by atoms with Gasteiger partial charge in [-0.1, -0.05) is 19.0 Å². The molecule has 70 valence electrons. The third kappa shape index (κ3) is 2.37. The van der Waals surface area contributed by atoms with Crippen LogP contribution < -0.4 is 11.1 Å². The van der Waals surface area contributed by atoms with Crippen LogP contribution in [0.1, 0.15) is 26.7 Å². The Morgan fingerprint density at radius 1 is 1.75 bits per heavy atom. The van der Waals surface area contributed by atoms with E-state index in [9.17, 15) is 0 Å². The van der Waals surface area contributed by atoms with Crippen LogP contribution in [-0.2, 0) is 0 Å². The minimum Gasteiger partial charge on any atom is -0.409 e. The molecule has 0 aliphatic heterocycles. The molecule has 1 atom stereocenters. The van der Waals surface area contributed by atoms with Crippen molar-refractivity contribution in [2.75, 3.05) is 6.54 Å². The molecule has 1 aliphatic rings. The summed E-state index contributed by atoms with van der Waals surface area (Å²) in [6.45, 7) is 5.26. The number of hydrogen-bond donors (Lipinski definition) is 3. The van der Waals surface area contributed by atoms with Crippen molar-refractivity contribution in [3.63, 3.8) is 0 Å². The SMILES string of the molecule is CC1(C)CC1NCCC(N)=NO. The molecule has 1 saturated carbocycles. The highest BCUT2D eigenvalue weighted by Gasteiger charge is 2.44. The fourth-order valence-corrected chi connectivity index (χ4v) is 1.24. The monoisotopic (exact) mass is 171 g/mol. The number of oxime groups is 1. The van der Waals surface area contributed by atoms with E-state index in [0.29, 0.717) is 23.7 Å². The maximum atomic E-state index is 8.25. The van der Waals surface area contributed by atoms with Gasteiger partial charge >= 0.3 is 0 Å². The van der Waals surface area contributed by atoms with Gasteiger partial charge in [-0.05, 0) is 11.8 Å². The van der Waals surface area contributed by atoms with Crippen LogP contribution >= 0.6 is 0 Å². The Kier molecular flexibility index (Phi) is 2.57. The van der Waals surface area contributed by atoms with Crippen molar-refractivity contribution in [2.24, 2.45) is 16.3 Å². The topological polar surface area (TPSA) is 70.6 Å². The molecule has 0 aromatic heterocycles. The quantitative estimate of drug-likeness (QED) is 0.250. The summed E-state index contributed by atoms with van der Waals surface area (Å²) in [5.74, 6) is 0.293. The summed E-state index contributed by atoms with van der Waals surface area (Å²) >= 11 is 0. The highest BCUT2D eigenvalue weighted by atomic mass is 16.4. The average molecular weight is 171 g/mol. The van der Waals surface area contributed by atoms with Crippen LogP contribution in [0.5, 0.6) is 0 Å². The zero-order valence-corrected chi connectivity index (χ0v) is 7.67. The fraction of sp³-hybridized carbons (Fsp3) is 0.875. The van der Waals surface area contributed by atoms with Crippen molar-refractivity contribution < 1.29 is 5.21 Å². The lowest BCUT2D eigenvalue weighted by Crippen LogP contribution is -2.26. The Labute approximate surface area is 72.8 Å². The van der Waals surface area contributed by atoms with E-state index in [0.717, 1.165) is 6.54 Å². The lowest BCUT2D eigenvalue weighted by atomic mass is 10.2. The van der Waals surface area contributed by atoms with Crippen molar-refractivity contribution in [1.29, 1.82) is 0 Å². The molecule has 4 heteroatoms. The number of hydrogen-bond acceptors (Lipinski definition) is 3. The first-order chi connectivity index (χ1) is 5.56. The van der Waals surface area contributed by atoms with Gasteiger partial charge in [0.05, 0.1) is 0 Å². The molecule has 1 aliphatic carbocycles. The fourth-order valence-electron chi connectivity index (χ4n) is 1.24. The molecule has 0 saturated heterocycles. The van der Waals surface area contributed by atoms with E-state index < -0.39 is 0 Å². The zero-order valence-electron chi connectivity index (χ0n) is 7.67. The van der Waals surface area contributed by atoms with Crippen molar-refractivity contribution >= 4 is 5.84 Å². The highest BCUT2D eigenvalue weighted by molar-refractivity contribution is 5.79. The van der Waals surface area contributed by atoms with Gasteiger partial charge in [-0.3, -0.25) is 0 Å². The van der Waals surface area contributed by atoms with Crippen LogP contribution in [-0.4, -0.2) is 23.6 Å². The smallest absolute Gasteiger partial charge is 0.140 e. The normalized spacial score (nSPS) is 27.2. The average Bonchev–Trinajstić information content (AvgIpc) is 2.59. The maximum Gasteiger partial charge on any atom is 0.140 e. The van der Waals surface area contributed by atoms with E-state index in [-0.39, 0.29) is 0 Å². The minimum atomic E-state index is 0.293. The van der Waals surface area contributed by atoms with E-state index in [4.69, 9.17) is 10.9 Å². The molecule has 0 aromatic carbocycles. The van der Waals surface area contributed by atoms with Crippen molar-refractivity contribution in [1.82, 2.24) is 5.32 Å². The van der Waals surface area contributed by atoms with Crippen LogP contribution in [0.2, 0.25) is 0 Å². The molecule has 1 rings (SSSR count). The summed E-state index contributed by atoms with van der Waals surface area (Å²) in [5, 5.41) is 14.5. The highest BCUT2D eigenvalue weighted by Crippen LogP contribution is 2.44. The second-order valence-corrected chi connectivity index (χ2v) is 4.04. The summed E-state index contributed by atoms with van der Waals surface area (Å²) in [7, 11) is 0. The first kappa shape index (κ1) is 9.32. The van der Waals surface area contributed by atoms with Gasteiger partial charge < -0.3 is 16.3 Å². The van der Waals surface area contributed by atoms with Crippen LogP contribution in [0, 0.1) is 5.41 Å². The van der Waals surface area contributed by atoms with Gasteiger partial charge in [0.15, 0.2) is 0 Å². The summed E-state index contributed by atoms with van der Waals surface area (Å²) < 4.78 is 0. The number of amidine groups is 1. The molecular weight excluding hydrogens is 154 g/mol. The number of nitrogens with two attached hydrogens (primary N) is 1. The number of nitrogens with zero attached hydrogens (tertiary/aromatic N) is 1. The molecule has 1 unspecified atom stereocenters. The van der Waals surface area contributed by atoms with E-state index in [1.807, 2.05) is 0 Å². The molecule has 1 fully saturated rings. The lowest BCUT2D eigenvalue weighted by molar-refractivity contribution is 0.316. The van der Waals surface area contributed by atoms with Crippen molar-refractivity contribution in [2.45, 2.75) is 32.7 Å². The Bertz CT molecular complexity index is 189. The summed E-state index contributed by atoms with van der Waals surface area (Å²) in [6.07, 6.45) is 1.84. The molecule has 0 aromatic rings. The second kappa shape index (κ2) is 3.31. The Hall–Kier alpha value is -0.770. The predicted octanol–water partition coefficient (Wildman–Crippen LogP) is 0.511. The van der Waals surface area contributed by atoms with E-state index in [2.05, 4.69) is 24.3 Å². The largest absolute Gasteiger partial charge is 0.409 e. The van der Waals surface area contributed by atoms with Crippen LogP contribution in [0.25, 0.3) is 0 Å². The maximum absolute atomic E-state index is 8.25. The van der Waals surface area contributed by atoms with Gasteiger partial charge in [-0.2, -0.15) is 0 Å². The van der Waals surface area contributed by atoms with Crippen LogP contribution in [0.15, 0.2) is 5.16 Å². The molecule has 4 N–H and O–H groups in total. The Balaban J connectivity index is 2.05. The number of nitrogens with one attached hydrogen (secondary N) is 1. The Morgan fingerprint density at radius 2 is 2.33 bits per heavy atom. The molecule has 0 radical (unpaired) electrons. The van der Waals surface area contributed by atoms with E-state index >= 15 is 0 Å². The second-order valence-electron chi connectivity index (χ2n) is 4.04. The van der Waals surface area contributed by atoms with Gasteiger partial charge in [0.25, 0.3) is 0 Å². The lowest BCUT2D eigenvalue weighted by Gasteiger charge is -2.04. The summed E-state index contributed by atoms with van der Waals surface area (Å²) in [4.78, 5) is 0. The molecule has 0 amide bonds. The molecule has 0 heterocycles. The third-order valence-corrected chi connectivity index (χ3v) is 2.41. The van der Waals surface area contributed by atoms with Gasteiger partial charge in [0.1, 0.15) is 5.84 Å². The molecular formula is C8H17N3O. The van der Waals surface area contributed by atoms with Crippen LogP contribution in [0.3, 0.4) is 0 Å². The first-order valence-electron chi connectivity index (χ1n) is 4.26. The third-order valence-electron chi connectivity index (χ3n) is 2.41. The van der Waals surface area contributed by atoms with Crippen molar-refractivity contribution in [3.8, 4) is 0 Å². The number of rotatable bonds is 4. The van der Waals surface area contributed by atoms with Gasteiger partial charge in [-0.15, -0.1) is 0 Å². The summed E-state index contributed by atoms with van der Waals surface area (Å²) in [5.41, 5.74) is 5.76. The molecule has 4 nitrogen and oxygen atoms in total. The van der Waals surface area contributed by atoms with Gasteiger partial charge in [-0.25, -0.2) is 0 Å². The first-order valence-corrected chi connectivity index (χ1v) is 4.26. The van der Waals surface area contributed by atoms with E-state index in [1.54, 1.807) is 0 Å². The van der Waals surface area contributed by atoms with Crippen LogP contribution in [0.4, 0.5) is 0 Å². The van der Waals surface area contributed by atoms with Gasteiger partial charge in [0.2, 0.25) is 0 Å². The van der Waals surface area contributed by atoms with Crippen molar-refractivity contribution in [3.05, 3.63) is 0 Å². The standard InChI is InChI=1S/C8H17N3O/c1-8(2)5-6(8)10-4-3-7(9)11-12/h6,10,12H,3-5H2,1-2H3,(H2,9,11). The van der Waals surface area contributed by atoms with E-state index in [1.165, 1.54) is 6.42 Å². The summed E-state index contributed by atoms with van der Waals surface area (Å²) in [6, 6.07) is 0.615.